The van der Waals surface area contributed by atoms with Crippen molar-refractivity contribution in [3.8, 4) is 0 Å². The molecule has 2 heterocycles. The number of anilines is 1. The molecule has 0 saturated carbocycles. The van der Waals surface area contributed by atoms with E-state index in [1.165, 1.54) is 23.2 Å². The number of para-hydroxylation sites is 1. The van der Waals surface area contributed by atoms with Gasteiger partial charge < -0.3 is 10.2 Å². The third-order valence-electron chi connectivity index (χ3n) is 4.06. The van der Waals surface area contributed by atoms with Crippen LogP contribution >= 0.6 is 11.3 Å². The van der Waals surface area contributed by atoms with Gasteiger partial charge in [-0.05, 0) is 48.5 Å². The lowest BCUT2D eigenvalue weighted by molar-refractivity contribution is 0.594. The molecule has 3 rings (SSSR count). The van der Waals surface area contributed by atoms with Crippen molar-refractivity contribution in [2.24, 2.45) is 0 Å². The summed E-state index contributed by atoms with van der Waals surface area (Å²) >= 11 is 1.90. The lowest BCUT2D eigenvalue weighted by atomic mass is 10.0. The molecule has 3 heteroatoms. The minimum atomic E-state index is 0.403. The molecule has 0 saturated heterocycles. The van der Waals surface area contributed by atoms with Crippen LogP contribution in [0.15, 0.2) is 35.7 Å². The summed E-state index contributed by atoms with van der Waals surface area (Å²) in [7, 11) is 0. The van der Waals surface area contributed by atoms with Crippen molar-refractivity contribution in [2.75, 3.05) is 18.0 Å². The molecule has 1 aliphatic rings. The van der Waals surface area contributed by atoms with E-state index in [9.17, 15) is 0 Å². The highest BCUT2D eigenvalue weighted by atomic mass is 32.1. The zero-order valence-corrected chi connectivity index (χ0v) is 13.0. The molecule has 1 aromatic carbocycles. The average Bonchev–Trinajstić information content (AvgIpc) is 2.95. The Kier molecular flexibility index (Phi) is 4.08. The van der Waals surface area contributed by atoms with Gasteiger partial charge in [-0.3, -0.25) is 0 Å². The minimum absolute atomic E-state index is 0.403. The number of rotatable bonds is 4. The number of nitrogens with zero attached hydrogens (tertiary/aromatic N) is 1. The van der Waals surface area contributed by atoms with Crippen molar-refractivity contribution in [1.29, 1.82) is 0 Å². The first kappa shape index (κ1) is 13.7. The molecule has 0 spiro atoms. The second kappa shape index (κ2) is 5.98. The largest absolute Gasteiger partial charge is 0.367 e. The van der Waals surface area contributed by atoms with Gasteiger partial charge in [0.05, 0.1) is 0 Å². The quantitative estimate of drug-likeness (QED) is 0.914. The normalized spacial score (nSPS) is 16.0. The second-order valence-corrected chi connectivity index (χ2v) is 6.38. The topological polar surface area (TPSA) is 15.3 Å². The summed E-state index contributed by atoms with van der Waals surface area (Å²) in [4.78, 5) is 4.09. The first-order chi connectivity index (χ1) is 9.79. The lowest BCUT2D eigenvalue weighted by Gasteiger charge is -2.32. The summed E-state index contributed by atoms with van der Waals surface area (Å²) in [6.45, 7) is 7.60. The number of nitrogens with one attached hydrogen (secondary N) is 1. The fourth-order valence-electron chi connectivity index (χ4n) is 3.01. The number of hydrogen-bond donors (Lipinski definition) is 1. The zero-order valence-electron chi connectivity index (χ0n) is 12.2. The third-order valence-corrected chi connectivity index (χ3v) is 5.08. The molecule has 1 unspecified atom stereocenters. The molecule has 20 heavy (non-hydrogen) atoms. The van der Waals surface area contributed by atoms with E-state index in [2.05, 4.69) is 59.8 Å². The van der Waals surface area contributed by atoms with E-state index < -0.39 is 0 Å². The molecule has 0 fully saturated rings. The molecule has 1 N–H and O–H groups in total. The minimum Gasteiger partial charge on any atom is -0.367 e. The van der Waals surface area contributed by atoms with Gasteiger partial charge in [0, 0.05) is 29.7 Å². The molecular weight excluding hydrogens is 264 g/mol. The lowest BCUT2D eigenvalue weighted by Crippen LogP contribution is -2.31. The molecule has 1 atom stereocenters. The number of thiophene rings is 1. The van der Waals surface area contributed by atoms with Crippen molar-refractivity contribution in [3.05, 3.63) is 51.7 Å². The van der Waals surface area contributed by atoms with Crippen molar-refractivity contribution >= 4 is 17.0 Å². The first-order valence-electron chi connectivity index (χ1n) is 7.42. The van der Waals surface area contributed by atoms with Crippen LogP contribution in [0.25, 0.3) is 0 Å². The van der Waals surface area contributed by atoms with Gasteiger partial charge in [-0.15, -0.1) is 11.3 Å². The van der Waals surface area contributed by atoms with Crippen LogP contribution in [0.5, 0.6) is 0 Å². The van der Waals surface area contributed by atoms with E-state index in [0.717, 1.165) is 19.6 Å². The van der Waals surface area contributed by atoms with Gasteiger partial charge in [-0.25, -0.2) is 0 Å². The highest BCUT2D eigenvalue weighted by molar-refractivity contribution is 7.10. The van der Waals surface area contributed by atoms with Gasteiger partial charge in [-0.1, -0.05) is 25.1 Å². The molecule has 2 aromatic rings. The van der Waals surface area contributed by atoms with Crippen LogP contribution in [-0.4, -0.2) is 13.1 Å². The Morgan fingerprint density at radius 2 is 2.15 bits per heavy atom. The van der Waals surface area contributed by atoms with Crippen LogP contribution < -0.4 is 10.2 Å². The van der Waals surface area contributed by atoms with Crippen molar-refractivity contribution in [1.82, 2.24) is 5.32 Å². The van der Waals surface area contributed by atoms with E-state index in [4.69, 9.17) is 0 Å². The average molecular weight is 286 g/mol. The van der Waals surface area contributed by atoms with Gasteiger partial charge in [0.1, 0.15) is 0 Å². The molecular formula is C17H22N2S. The fourth-order valence-corrected chi connectivity index (χ4v) is 3.90. The summed E-state index contributed by atoms with van der Waals surface area (Å²) in [5.74, 6) is 0. The standard InChI is InChI=1S/C17H22N2S/c1-3-18-13(2)15-6-4-5-7-16(15)19-10-8-17-14(12-19)9-11-20-17/h4-7,9,11,13,18H,3,8,10,12H2,1-2H3. The van der Waals surface area contributed by atoms with Gasteiger partial charge in [0.25, 0.3) is 0 Å². The van der Waals surface area contributed by atoms with E-state index in [-0.39, 0.29) is 0 Å². The second-order valence-electron chi connectivity index (χ2n) is 5.38. The number of fused-ring (bicyclic) bond motifs is 1. The van der Waals surface area contributed by atoms with E-state index in [1.54, 1.807) is 4.88 Å². The Balaban J connectivity index is 1.88. The van der Waals surface area contributed by atoms with Gasteiger partial charge >= 0.3 is 0 Å². The van der Waals surface area contributed by atoms with Gasteiger partial charge in [0.15, 0.2) is 0 Å². The van der Waals surface area contributed by atoms with Crippen LogP contribution in [0, 0.1) is 0 Å². The number of hydrogen-bond acceptors (Lipinski definition) is 3. The maximum absolute atomic E-state index is 3.53. The Morgan fingerprint density at radius 1 is 1.30 bits per heavy atom. The first-order valence-corrected chi connectivity index (χ1v) is 8.30. The van der Waals surface area contributed by atoms with Crippen LogP contribution in [0.2, 0.25) is 0 Å². The van der Waals surface area contributed by atoms with Gasteiger partial charge in [0.2, 0.25) is 0 Å². The highest BCUT2D eigenvalue weighted by Crippen LogP contribution is 2.32. The van der Waals surface area contributed by atoms with Crippen molar-refractivity contribution in [2.45, 2.75) is 32.9 Å². The highest BCUT2D eigenvalue weighted by Gasteiger charge is 2.20. The molecule has 1 aliphatic heterocycles. The Labute approximate surface area is 125 Å². The molecule has 0 amide bonds. The summed E-state index contributed by atoms with van der Waals surface area (Å²) in [5.41, 5.74) is 4.30. The maximum atomic E-state index is 3.53. The molecule has 0 radical (unpaired) electrons. The van der Waals surface area contributed by atoms with E-state index in [0.29, 0.717) is 6.04 Å². The van der Waals surface area contributed by atoms with Crippen LogP contribution in [0.1, 0.15) is 35.9 Å². The van der Waals surface area contributed by atoms with Crippen molar-refractivity contribution < 1.29 is 0 Å². The van der Waals surface area contributed by atoms with E-state index >= 15 is 0 Å². The fraction of sp³-hybridized carbons (Fsp3) is 0.412. The van der Waals surface area contributed by atoms with Crippen LogP contribution in [0.4, 0.5) is 5.69 Å². The summed E-state index contributed by atoms with van der Waals surface area (Å²) in [5, 5.41) is 5.75. The Bertz CT molecular complexity index is 576. The summed E-state index contributed by atoms with van der Waals surface area (Å²) in [6.07, 6.45) is 1.18. The summed E-state index contributed by atoms with van der Waals surface area (Å²) < 4.78 is 0. The smallest absolute Gasteiger partial charge is 0.0440 e. The van der Waals surface area contributed by atoms with Gasteiger partial charge in [-0.2, -0.15) is 0 Å². The predicted octanol–water partition coefficient (Wildman–Crippen LogP) is 3.98. The van der Waals surface area contributed by atoms with Crippen LogP contribution in [0.3, 0.4) is 0 Å². The Morgan fingerprint density at radius 3 is 3.00 bits per heavy atom. The molecule has 2 nitrogen and oxygen atoms in total. The zero-order chi connectivity index (χ0) is 13.9. The van der Waals surface area contributed by atoms with E-state index in [1.807, 2.05) is 11.3 Å². The Hall–Kier alpha value is -1.32. The van der Waals surface area contributed by atoms with Crippen LogP contribution in [-0.2, 0) is 13.0 Å². The monoisotopic (exact) mass is 286 g/mol. The molecule has 0 aliphatic carbocycles. The molecule has 1 aromatic heterocycles. The molecule has 106 valence electrons. The molecule has 0 bridgehead atoms. The number of benzene rings is 1. The van der Waals surface area contributed by atoms with Crippen molar-refractivity contribution in [3.63, 3.8) is 0 Å². The maximum Gasteiger partial charge on any atom is 0.0440 e. The summed E-state index contributed by atoms with van der Waals surface area (Å²) in [6, 6.07) is 11.5. The third kappa shape index (κ3) is 2.60. The SMILES string of the molecule is CCNC(C)c1ccccc1N1CCc2sccc2C1. The predicted molar refractivity (Wildman–Crippen MR) is 87.6 cm³/mol.